The summed E-state index contributed by atoms with van der Waals surface area (Å²) in [4.78, 5) is 0. The third-order valence-corrected chi connectivity index (χ3v) is 8.50. The molecule has 0 aliphatic carbocycles. The zero-order valence-electron chi connectivity index (χ0n) is 23.1. The minimum atomic E-state index is -1.03. The molecule has 7 aromatic carbocycles. The predicted molar refractivity (Wildman–Crippen MR) is 170 cm³/mol. The lowest BCUT2D eigenvalue weighted by Crippen LogP contribution is -1.95. The second-order valence-electron chi connectivity index (χ2n) is 10.9. The van der Waals surface area contributed by atoms with Gasteiger partial charge in [-0.3, -0.25) is 0 Å². The molecule has 1 aromatic heterocycles. The van der Waals surface area contributed by atoms with Crippen LogP contribution in [0.4, 0.5) is 0 Å². The van der Waals surface area contributed by atoms with Crippen molar-refractivity contribution in [3.8, 4) is 68.2 Å². The molecule has 0 aliphatic heterocycles. The molecule has 0 fully saturated rings. The molecule has 45 heavy (non-hydrogen) atoms. The van der Waals surface area contributed by atoms with E-state index in [1.165, 1.54) is 0 Å². The van der Waals surface area contributed by atoms with Crippen molar-refractivity contribution in [1.29, 1.82) is 0 Å². The van der Waals surface area contributed by atoms with Gasteiger partial charge in [0.15, 0.2) is 23.0 Å². The van der Waals surface area contributed by atoms with E-state index in [-0.39, 0.29) is 32.7 Å². The average Bonchev–Trinajstić information content (AvgIpc) is 3.45. The first-order valence-corrected chi connectivity index (χ1v) is 13.8. The Hall–Kier alpha value is -6.48. The lowest BCUT2D eigenvalue weighted by Gasteiger charge is -2.23. The van der Waals surface area contributed by atoms with Crippen LogP contribution in [-0.2, 0) is 0 Å². The van der Waals surface area contributed by atoms with Gasteiger partial charge in [-0.15, -0.1) is 0 Å². The first-order chi connectivity index (χ1) is 21.7. The van der Waals surface area contributed by atoms with E-state index >= 15 is 0 Å². The molecule has 8 aromatic rings. The van der Waals surface area contributed by atoms with Gasteiger partial charge in [-0.05, 0) is 40.1 Å². The van der Waals surface area contributed by atoms with Crippen LogP contribution in [0.5, 0.6) is 46.0 Å². The van der Waals surface area contributed by atoms with E-state index in [1.54, 1.807) is 60.7 Å². The van der Waals surface area contributed by atoms with E-state index in [0.29, 0.717) is 33.1 Å². The maximum Gasteiger partial charge on any atom is 0.204 e. The topological polar surface area (TPSA) is 175 Å². The summed E-state index contributed by atoms with van der Waals surface area (Å²) >= 11 is 0. The normalized spacial score (nSPS) is 11.8. The number of hydrogen-bond acceptors (Lipinski definition) is 9. The molecular formula is C36H22O9. The number of phenolic OH excluding ortho intramolecular Hbond substituents is 8. The fourth-order valence-electron chi connectivity index (χ4n) is 6.51. The van der Waals surface area contributed by atoms with Crippen LogP contribution in [0.2, 0.25) is 0 Å². The van der Waals surface area contributed by atoms with Gasteiger partial charge in [0.1, 0.15) is 11.2 Å². The fraction of sp³-hybridized carbons (Fsp3) is 0. The van der Waals surface area contributed by atoms with Crippen molar-refractivity contribution in [2.24, 2.45) is 0 Å². The molecule has 0 saturated heterocycles. The molecule has 8 rings (SSSR count). The van der Waals surface area contributed by atoms with Gasteiger partial charge < -0.3 is 45.3 Å². The number of phenols is 8. The summed E-state index contributed by atoms with van der Waals surface area (Å²) in [6, 6.07) is 24.8. The van der Waals surface area contributed by atoms with Gasteiger partial charge in [-0.1, -0.05) is 66.7 Å². The van der Waals surface area contributed by atoms with Gasteiger partial charge in [-0.25, -0.2) is 0 Å². The highest BCUT2D eigenvalue weighted by Gasteiger charge is 2.33. The molecule has 0 aliphatic rings. The monoisotopic (exact) mass is 598 g/mol. The minimum absolute atomic E-state index is 0.00932. The molecule has 0 spiro atoms. The van der Waals surface area contributed by atoms with Crippen LogP contribution in [0, 0.1) is 0 Å². The first-order valence-electron chi connectivity index (χ1n) is 13.8. The Morgan fingerprint density at radius 1 is 0.378 bits per heavy atom. The molecule has 0 atom stereocenters. The Balaban J connectivity index is 1.72. The second kappa shape index (κ2) is 9.01. The quantitative estimate of drug-likeness (QED) is 0.0556. The molecule has 220 valence electrons. The molecule has 1 heterocycles. The van der Waals surface area contributed by atoms with E-state index in [1.807, 2.05) is 24.3 Å². The molecule has 0 amide bonds. The van der Waals surface area contributed by atoms with Crippen LogP contribution >= 0.6 is 0 Å². The Labute approximate surface area is 252 Å². The van der Waals surface area contributed by atoms with Crippen molar-refractivity contribution in [1.82, 2.24) is 0 Å². The van der Waals surface area contributed by atoms with E-state index in [0.717, 1.165) is 10.8 Å². The van der Waals surface area contributed by atoms with Gasteiger partial charge in [0.05, 0.1) is 0 Å². The van der Waals surface area contributed by atoms with Crippen LogP contribution in [0.3, 0.4) is 0 Å². The number of rotatable bonds is 2. The summed E-state index contributed by atoms with van der Waals surface area (Å²) in [6.07, 6.45) is 0. The number of fused-ring (bicyclic) bond motifs is 6. The maximum atomic E-state index is 11.5. The number of para-hydroxylation sites is 1. The summed E-state index contributed by atoms with van der Waals surface area (Å²) in [7, 11) is 0. The van der Waals surface area contributed by atoms with Gasteiger partial charge >= 0.3 is 0 Å². The summed E-state index contributed by atoms with van der Waals surface area (Å²) in [6.45, 7) is 0. The van der Waals surface area contributed by atoms with Crippen LogP contribution in [0.1, 0.15) is 0 Å². The maximum absolute atomic E-state index is 11.5. The van der Waals surface area contributed by atoms with Crippen LogP contribution < -0.4 is 0 Å². The molecule has 9 heteroatoms. The molecule has 0 unspecified atom stereocenters. The molecule has 9 nitrogen and oxygen atoms in total. The standard InChI is InChI=1S/C36H22O9/c37-29-25-22(17-13-12-15-6-1-2-7-16(15)14-17)26-28(32(40)36(44)34(42)30(26)38)24(27(25)31(39)35(43)33(29)41)19-9-5-11-21-23(19)18-8-3-4-10-20(18)45-21/h1-14,37-44H. The highest BCUT2D eigenvalue weighted by molar-refractivity contribution is 6.31. The van der Waals surface area contributed by atoms with E-state index in [2.05, 4.69) is 0 Å². The summed E-state index contributed by atoms with van der Waals surface area (Å²) in [5.74, 6) is -7.44. The Bertz CT molecular complexity index is 2500. The third kappa shape index (κ3) is 3.37. The zero-order valence-corrected chi connectivity index (χ0v) is 23.1. The lowest BCUT2D eigenvalue weighted by atomic mass is 9.82. The Kier molecular flexibility index (Phi) is 5.24. The molecule has 0 radical (unpaired) electrons. The molecule has 8 N–H and O–H groups in total. The largest absolute Gasteiger partial charge is 0.504 e. The fourth-order valence-corrected chi connectivity index (χ4v) is 6.51. The van der Waals surface area contributed by atoms with Gasteiger partial charge in [-0.2, -0.15) is 0 Å². The van der Waals surface area contributed by atoms with Crippen LogP contribution in [0.25, 0.3) is 76.5 Å². The molecule has 0 saturated carbocycles. The Morgan fingerprint density at radius 2 is 0.889 bits per heavy atom. The zero-order chi connectivity index (χ0) is 31.3. The number of benzene rings is 7. The second-order valence-corrected chi connectivity index (χ2v) is 10.9. The van der Waals surface area contributed by atoms with Crippen molar-refractivity contribution in [3.05, 3.63) is 84.9 Å². The van der Waals surface area contributed by atoms with Crippen LogP contribution in [0.15, 0.2) is 89.3 Å². The van der Waals surface area contributed by atoms with Gasteiger partial charge in [0, 0.05) is 43.4 Å². The van der Waals surface area contributed by atoms with Crippen molar-refractivity contribution < 1.29 is 45.3 Å². The number of aromatic hydroxyl groups is 8. The first kappa shape index (κ1) is 26.2. The predicted octanol–water partition coefficient (Wildman–Crippen LogP) is 8.02. The number of furan rings is 1. The molecule has 0 bridgehead atoms. The number of hydrogen-bond donors (Lipinski definition) is 8. The smallest absolute Gasteiger partial charge is 0.204 e. The highest BCUT2D eigenvalue weighted by Crippen LogP contribution is 2.62. The summed E-state index contributed by atoms with van der Waals surface area (Å²) in [5.41, 5.74) is 1.57. The Morgan fingerprint density at radius 3 is 1.51 bits per heavy atom. The van der Waals surface area contributed by atoms with Crippen molar-refractivity contribution in [2.75, 3.05) is 0 Å². The van der Waals surface area contributed by atoms with Gasteiger partial charge in [0.2, 0.25) is 23.0 Å². The summed E-state index contributed by atoms with van der Waals surface area (Å²) < 4.78 is 6.06. The lowest BCUT2D eigenvalue weighted by molar-refractivity contribution is 0.350. The third-order valence-electron chi connectivity index (χ3n) is 8.50. The van der Waals surface area contributed by atoms with Crippen molar-refractivity contribution in [3.63, 3.8) is 0 Å². The van der Waals surface area contributed by atoms with Crippen molar-refractivity contribution in [2.45, 2.75) is 0 Å². The average molecular weight is 599 g/mol. The van der Waals surface area contributed by atoms with E-state index in [4.69, 9.17) is 4.42 Å². The molecular weight excluding hydrogens is 576 g/mol. The van der Waals surface area contributed by atoms with Gasteiger partial charge in [0.25, 0.3) is 0 Å². The van der Waals surface area contributed by atoms with Crippen molar-refractivity contribution >= 4 is 54.3 Å². The highest BCUT2D eigenvalue weighted by atomic mass is 16.4. The minimum Gasteiger partial charge on any atom is -0.504 e. The van der Waals surface area contributed by atoms with Crippen LogP contribution in [-0.4, -0.2) is 40.9 Å². The van der Waals surface area contributed by atoms with E-state index < -0.39 is 46.0 Å². The summed E-state index contributed by atoms with van der Waals surface area (Å²) in [5, 5.41) is 91.2. The SMILES string of the molecule is Oc1c(O)c(O)c2c(-c3cccc4oc5ccccc5c34)c3c(O)c(O)c(O)c(O)c3c(-c3ccc4ccccc4c3)c2c1O. The van der Waals surface area contributed by atoms with E-state index in [9.17, 15) is 40.9 Å².